The summed E-state index contributed by atoms with van der Waals surface area (Å²) in [5.41, 5.74) is 1.46. The molecule has 0 aliphatic heterocycles. The zero-order valence-corrected chi connectivity index (χ0v) is 12.0. The number of aliphatic carboxylic acids is 1. The molecule has 0 unspecified atom stereocenters. The molecule has 1 aromatic heterocycles. The van der Waals surface area contributed by atoms with Gasteiger partial charge in [-0.3, -0.25) is 4.98 Å². The second-order valence-corrected chi connectivity index (χ2v) is 4.63. The third-order valence-corrected chi connectivity index (χ3v) is 3.26. The Hall–Kier alpha value is -2.89. The number of carboxylic acid groups (broad SMARTS) is 1. The SMILES string of the molecule is COC(=O)N[C@H](C(=O)O)[C@@H](c1ccccc1)c1cccnc1. The monoisotopic (exact) mass is 300 g/mol. The quantitative estimate of drug-likeness (QED) is 0.882. The molecular weight excluding hydrogens is 284 g/mol. The number of ether oxygens (including phenoxy) is 1. The molecular formula is C16H16N2O4. The Bertz CT molecular complexity index is 592. The molecule has 0 radical (unpaired) electrons. The van der Waals surface area contributed by atoms with Crippen LogP contribution in [0, 0.1) is 0 Å². The van der Waals surface area contributed by atoms with E-state index < -0.39 is 24.0 Å². The van der Waals surface area contributed by atoms with Crippen LogP contribution in [0.4, 0.5) is 4.79 Å². The number of carboxylic acids is 1. The van der Waals surface area contributed by atoms with E-state index in [2.05, 4.69) is 15.0 Å². The first-order valence-corrected chi connectivity index (χ1v) is 6.65. The van der Waals surface area contributed by atoms with Crippen LogP contribution in [-0.2, 0) is 9.53 Å². The van der Waals surface area contributed by atoms with Crippen LogP contribution >= 0.6 is 0 Å². The largest absolute Gasteiger partial charge is 0.480 e. The van der Waals surface area contributed by atoms with E-state index in [1.54, 1.807) is 24.5 Å². The van der Waals surface area contributed by atoms with Gasteiger partial charge in [-0.15, -0.1) is 0 Å². The first-order valence-electron chi connectivity index (χ1n) is 6.65. The molecule has 0 bridgehead atoms. The van der Waals surface area contributed by atoms with Crippen molar-refractivity contribution in [3.63, 3.8) is 0 Å². The number of pyridine rings is 1. The summed E-state index contributed by atoms with van der Waals surface area (Å²) in [7, 11) is 1.19. The number of aromatic nitrogens is 1. The smallest absolute Gasteiger partial charge is 0.407 e. The second kappa shape index (κ2) is 7.21. The van der Waals surface area contributed by atoms with Crippen molar-refractivity contribution < 1.29 is 19.4 Å². The molecule has 2 rings (SSSR count). The summed E-state index contributed by atoms with van der Waals surface area (Å²) in [5.74, 6) is -1.73. The average Bonchev–Trinajstić information content (AvgIpc) is 2.56. The number of nitrogens with zero attached hydrogens (tertiary/aromatic N) is 1. The minimum atomic E-state index is -1.17. The lowest BCUT2D eigenvalue weighted by Crippen LogP contribution is -2.45. The molecule has 22 heavy (non-hydrogen) atoms. The second-order valence-electron chi connectivity index (χ2n) is 4.63. The van der Waals surface area contributed by atoms with Gasteiger partial charge in [0.1, 0.15) is 6.04 Å². The van der Waals surface area contributed by atoms with Gasteiger partial charge in [-0.25, -0.2) is 9.59 Å². The molecule has 0 saturated carbocycles. The van der Waals surface area contributed by atoms with E-state index in [9.17, 15) is 14.7 Å². The minimum absolute atomic E-state index is 0.577. The van der Waals surface area contributed by atoms with Crippen LogP contribution in [0.5, 0.6) is 0 Å². The number of carbonyl (C=O) groups is 2. The van der Waals surface area contributed by atoms with Crippen LogP contribution in [0.1, 0.15) is 17.0 Å². The Morgan fingerprint density at radius 3 is 2.36 bits per heavy atom. The van der Waals surface area contributed by atoms with E-state index >= 15 is 0 Å². The number of alkyl carbamates (subject to hydrolysis) is 1. The van der Waals surface area contributed by atoms with Gasteiger partial charge in [0.25, 0.3) is 0 Å². The number of rotatable bonds is 5. The summed E-state index contributed by atoms with van der Waals surface area (Å²) in [4.78, 5) is 27.2. The Kier molecular flexibility index (Phi) is 5.08. The lowest BCUT2D eigenvalue weighted by molar-refractivity contribution is -0.139. The zero-order chi connectivity index (χ0) is 15.9. The zero-order valence-electron chi connectivity index (χ0n) is 12.0. The minimum Gasteiger partial charge on any atom is -0.480 e. The van der Waals surface area contributed by atoms with Crippen LogP contribution in [-0.4, -0.2) is 35.3 Å². The lowest BCUT2D eigenvalue weighted by atomic mass is 9.86. The molecule has 1 heterocycles. The Morgan fingerprint density at radius 1 is 1.14 bits per heavy atom. The highest BCUT2D eigenvalue weighted by Crippen LogP contribution is 2.28. The maximum absolute atomic E-state index is 11.6. The van der Waals surface area contributed by atoms with Gasteiger partial charge in [0.2, 0.25) is 0 Å². The summed E-state index contributed by atoms with van der Waals surface area (Å²) in [6.45, 7) is 0. The number of methoxy groups -OCH3 is 1. The topological polar surface area (TPSA) is 88.5 Å². The molecule has 1 amide bonds. The molecule has 1 aromatic carbocycles. The van der Waals surface area contributed by atoms with Crippen molar-refractivity contribution in [2.75, 3.05) is 7.11 Å². The predicted molar refractivity (Wildman–Crippen MR) is 79.5 cm³/mol. The third-order valence-electron chi connectivity index (χ3n) is 3.26. The fraction of sp³-hybridized carbons (Fsp3) is 0.188. The Labute approximate surface area is 127 Å². The fourth-order valence-electron chi connectivity index (χ4n) is 2.27. The van der Waals surface area contributed by atoms with E-state index in [0.717, 1.165) is 5.56 Å². The molecule has 114 valence electrons. The number of carbonyl (C=O) groups excluding carboxylic acids is 1. The van der Waals surface area contributed by atoms with Crippen molar-refractivity contribution in [3.8, 4) is 0 Å². The van der Waals surface area contributed by atoms with Crippen molar-refractivity contribution in [3.05, 3.63) is 66.0 Å². The van der Waals surface area contributed by atoms with Gasteiger partial charge in [-0.05, 0) is 17.2 Å². The maximum Gasteiger partial charge on any atom is 0.407 e. The van der Waals surface area contributed by atoms with Crippen LogP contribution in [0.2, 0.25) is 0 Å². The maximum atomic E-state index is 11.6. The van der Waals surface area contributed by atoms with E-state index in [1.165, 1.54) is 7.11 Å². The Morgan fingerprint density at radius 2 is 1.82 bits per heavy atom. The van der Waals surface area contributed by atoms with Gasteiger partial charge in [-0.1, -0.05) is 36.4 Å². The van der Waals surface area contributed by atoms with Gasteiger partial charge < -0.3 is 15.2 Å². The fourth-order valence-corrected chi connectivity index (χ4v) is 2.27. The van der Waals surface area contributed by atoms with E-state index in [-0.39, 0.29) is 0 Å². The number of hydrogen-bond donors (Lipinski definition) is 2. The lowest BCUT2D eigenvalue weighted by Gasteiger charge is -2.25. The van der Waals surface area contributed by atoms with Crippen molar-refractivity contribution >= 4 is 12.1 Å². The van der Waals surface area contributed by atoms with Gasteiger partial charge in [0.05, 0.1) is 7.11 Å². The first kappa shape index (κ1) is 15.5. The van der Waals surface area contributed by atoms with Crippen molar-refractivity contribution in [1.82, 2.24) is 10.3 Å². The molecule has 2 atom stereocenters. The number of benzene rings is 1. The van der Waals surface area contributed by atoms with Crippen molar-refractivity contribution in [2.24, 2.45) is 0 Å². The molecule has 0 aliphatic rings. The van der Waals surface area contributed by atoms with Crippen LogP contribution in [0.25, 0.3) is 0 Å². The van der Waals surface area contributed by atoms with Crippen molar-refractivity contribution in [2.45, 2.75) is 12.0 Å². The van der Waals surface area contributed by atoms with Crippen LogP contribution in [0.15, 0.2) is 54.9 Å². The molecule has 0 spiro atoms. The number of amides is 1. The molecule has 2 aromatic rings. The predicted octanol–water partition coefficient (Wildman–Crippen LogP) is 2.02. The van der Waals surface area contributed by atoms with E-state index in [1.807, 2.05) is 30.3 Å². The van der Waals surface area contributed by atoms with Gasteiger partial charge in [0, 0.05) is 18.3 Å². The van der Waals surface area contributed by atoms with Crippen LogP contribution < -0.4 is 5.32 Å². The number of hydrogen-bond acceptors (Lipinski definition) is 4. The summed E-state index contributed by atoms with van der Waals surface area (Å²) in [6.07, 6.45) is 2.40. The first-order chi connectivity index (χ1) is 10.6. The van der Waals surface area contributed by atoms with E-state index in [0.29, 0.717) is 5.56 Å². The molecule has 0 fully saturated rings. The highest BCUT2D eigenvalue weighted by molar-refractivity contribution is 5.81. The summed E-state index contributed by atoms with van der Waals surface area (Å²) in [5, 5.41) is 11.9. The van der Waals surface area contributed by atoms with E-state index in [4.69, 9.17) is 0 Å². The van der Waals surface area contributed by atoms with Crippen LogP contribution in [0.3, 0.4) is 0 Å². The average molecular weight is 300 g/mol. The normalized spacial score (nSPS) is 13.0. The summed E-state index contributed by atoms with van der Waals surface area (Å²) >= 11 is 0. The molecule has 6 nitrogen and oxygen atoms in total. The number of nitrogens with one attached hydrogen (secondary N) is 1. The standard InChI is InChI=1S/C16H16N2O4/c1-22-16(21)18-14(15(19)20)13(11-6-3-2-4-7-11)12-8-5-9-17-10-12/h2-10,13-14H,1H3,(H,18,21)(H,19,20)/t13-,14-/m0/s1. The summed E-state index contributed by atoms with van der Waals surface area (Å²) in [6, 6.07) is 11.4. The molecule has 0 saturated heterocycles. The van der Waals surface area contributed by atoms with Gasteiger partial charge in [0.15, 0.2) is 0 Å². The Balaban J connectivity index is 2.46. The van der Waals surface area contributed by atoms with Crippen molar-refractivity contribution in [1.29, 1.82) is 0 Å². The molecule has 0 aliphatic carbocycles. The third kappa shape index (κ3) is 3.60. The molecule has 6 heteroatoms. The van der Waals surface area contributed by atoms with Gasteiger partial charge in [-0.2, -0.15) is 0 Å². The van der Waals surface area contributed by atoms with Gasteiger partial charge >= 0.3 is 12.1 Å². The summed E-state index contributed by atoms with van der Waals surface area (Å²) < 4.78 is 4.52. The highest BCUT2D eigenvalue weighted by atomic mass is 16.5. The highest BCUT2D eigenvalue weighted by Gasteiger charge is 2.32. The molecule has 2 N–H and O–H groups in total.